The Morgan fingerprint density at radius 2 is 2.17 bits per heavy atom. The molecule has 1 heterocycles. The second kappa shape index (κ2) is 2.64. The summed E-state index contributed by atoms with van der Waals surface area (Å²) in [5, 5.41) is 10.4. The van der Waals surface area contributed by atoms with E-state index in [-0.39, 0.29) is 0 Å². The second-order valence-corrected chi connectivity index (χ2v) is 2.86. The van der Waals surface area contributed by atoms with Crippen LogP contribution in [0.2, 0.25) is 0 Å². The monoisotopic (exact) mass is 162 g/mol. The summed E-state index contributed by atoms with van der Waals surface area (Å²) in [7, 11) is 0. The number of fused-ring (bicyclic) bond motifs is 1. The maximum atomic E-state index is 9.38. The van der Waals surface area contributed by atoms with Gasteiger partial charge in [-0.1, -0.05) is 18.2 Å². The van der Waals surface area contributed by atoms with Crippen molar-refractivity contribution in [1.82, 2.24) is 0 Å². The fourth-order valence-electron chi connectivity index (χ4n) is 1.35. The van der Waals surface area contributed by atoms with Gasteiger partial charge >= 0.3 is 0 Å². The maximum absolute atomic E-state index is 9.38. The molecule has 2 rings (SSSR count). The van der Waals surface area contributed by atoms with E-state index in [0.29, 0.717) is 0 Å². The van der Waals surface area contributed by atoms with Crippen molar-refractivity contribution in [3.63, 3.8) is 0 Å². The summed E-state index contributed by atoms with van der Waals surface area (Å²) >= 11 is 0. The van der Waals surface area contributed by atoms with Gasteiger partial charge in [-0.25, -0.2) is 0 Å². The minimum Gasteiger partial charge on any atom is -0.464 e. The summed E-state index contributed by atoms with van der Waals surface area (Å²) in [6, 6.07) is 7.64. The van der Waals surface area contributed by atoms with Crippen molar-refractivity contribution in [2.75, 3.05) is 0 Å². The molecule has 1 N–H and O–H groups in total. The van der Waals surface area contributed by atoms with Gasteiger partial charge in [0, 0.05) is 10.9 Å². The van der Waals surface area contributed by atoms with Crippen LogP contribution in [0.3, 0.4) is 0 Å². The van der Waals surface area contributed by atoms with E-state index in [2.05, 4.69) is 0 Å². The largest absolute Gasteiger partial charge is 0.464 e. The molecule has 62 valence electrons. The van der Waals surface area contributed by atoms with Crippen molar-refractivity contribution in [2.24, 2.45) is 0 Å². The number of aliphatic hydroxyl groups is 1. The summed E-state index contributed by atoms with van der Waals surface area (Å²) in [4.78, 5) is 0. The van der Waals surface area contributed by atoms with Crippen LogP contribution in [-0.4, -0.2) is 5.11 Å². The molecule has 0 saturated heterocycles. The molecule has 0 amide bonds. The van der Waals surface area contributed by atoms with E-state index in [9.17, 15) is 5.11 Å². The van der Waals surface area contributed by atoms with Gasteiger partial charge < -0.3 is 9.52 Å². The fraction of sp³-hybridized carbons (Fsp3) is 0.200. The molecule has 0 radical (unpaired) electrons. The van der Waals surface area contributed by atoms with Crippen molar-refractivity contribution >= 4 is 11.0 Å². The molecule has 2 heteroatoms. The van der Waals surface area contributed by atoms with Crippen LogP contribution in [0.15, 0.2) is 34.9 Å². The van der Waals surface area contributed by atoms with Gasteiger partial charge in [0.25, 0.3) is 0 Å². The van der Waals surface area contributed by atoms with Crippen molar-refractivity contribution < 1.29 is 9.52 Å². The molecule has 1 unspecified atom stereocenters. The molecule has 12 heavy (non-hydrogen) atoms. The first-order valence-electron chi connectivity index (χ1n) is 3.93. The van der Waals surface area contributed by atoms with Gasteiger partial charge in [0.1, 0.15) is 5.58 Å². The van der Waals surface area contributed by atoms with Crippen molar-refractivity contribution in [3.05, 3.63) is 36.1 Å². The normalized spacial score (nSPS) is 13.5. The van der Waals surface area contributed by atoms with E-state index < -0.39 is 6.10 Å². The molecule has 0 aliphatic heterocycles. The number of para-hydroxylation sites is 1. The Bertz CT molecular complexity index is 387. The summed E-state index contributed by atoms with van der Waals surface area (Å²) in [5.41, 5.74) is 1.63. The van der Waals surface area contributed by atoms with Gasteiger partial charge in [-0.15, -0.1) is 0 Å². The lowest BCUT2D eigenvalue weighted by Crippen LogP contribution is -1.90. The van der Waals surface area contributed by atoms with Crippen LogP contribution in [0.25, 0.3) is 11.0 Å². The lowest BCUT2D eigenvalue weighted by Gasteiger charge is -2.03. The van der Waals surface area contributed by atoms with Gasteiger partial charge in [-0.2, -0.15) is 0 Å². The molecule has 0 aliphatic rings. The highest BCUT2D eigenvalue weighted by Gasteiger charge is 2.07. The third-order valence-corrected chi connectivity index (χ3v) is 1.96. The van der Waals surface area contributed by atoms with Crippen molar-refractivity contribution in [3.8, 4) is 0 Å². The highest BCUT2D eigenvalue weighted by atomic mass is 16.3. The number of aliphatic hydroxyl groups excluding tert-OH is 1. The quantitative estimate of drug-likeness (QED) is 0.698. The molecule has 2 aromatic rings. The van der Waals surface area contributed by atoms with Crippen LogP contribution in [0.4, 0.5) is 0 Å². The van der Waals surface area contributed by atoms with E-state index >= 15 is 0 Å². The van der Waals surface area contributed by atoms with Crippen LogP contribution in [0, 0.1) is 0 Å². The molecule has 0 saturated carbocycles. The van der Waals surface area contributed by atoms with Gasteiger partial charge in [0.15, 0.2) is 0 Å². The summed E-state index contributed by atoms with van der Waals surface area (Å²) < 4.78 is 5.25. The highest BCUT2D eigenvalue weighted by Crippen LogP contribution is 2.24. The van der Waals surface area contributed by atoms with E-state index in [1.54, 1.807) is 13.2 Å². The van der Waals surface area contributed by atoms with Crippen molar-refractivity contribution in [1.29, 1.82) is 0 Å². The Balaban J connectivity index is 2.73. The molecule has 1 atom stereocenters. The number of benzene rings is 1. The van der Waals surface area contributed by atoms with E-state index in [1.807, 2.05) is 24.3 Å². The smallest absolute Gasteiger partial charge is 0.139 e. The SMILES string of the molecule is CC(O)c1cccc2ccoc12. The lowest BCUT2D eigenvalue weighted by atomic mass is 10.1. The Morgan fingerprint density at radius 1 is 1.33 bits per heavy atom. The highest BCUT2D eigenvalue weighted by molar-refractivity contribution is 5.80. The Hall–Kier alpha value is -1.28. The molecule has 0 fully saturated rings. The Kier molecular flexibility index (Phi) is 1.62. The van der Waals surface area contributed by atoms with E-state index in [4.69, 9.17) is 4.42 Å². The third kappa shape index (κ3) is 1.01. The second-order valence-electron chi connectivity index (χ2n) is 2.86. The van der Waals surface area contributed by atoms with Crippen LogP contribution >= 0.6 is 0 Å². The van der Waals surface area contributed by atoms with Crippen LogP contribution in [0.1, 0.15) is 18.6 Å². The Labute approximate surface area is 70.4 Å². The summed E-state index contributed by atoms with van der Waals surface area (Å²) in [6.45, 7) is 1.73. The Morgan fingerprint density at radius 3 is 2.92 bits per heavy atom. The first-order chi connectivity index (χ1) is 5.79. The topological polar surface area (TPSA) is 33.4 Å². The van der Waals surface area contributed by atoms with Crippen LogP contribution in [0.5, 0.6) is 0 Å². The van der Waals surface area contributed by atoms with E-state index in [1.165, 1.54) is 0 Å². The third-order valence-electron chi connectivity index (χ3n) is 1.96. The van der Waals surface area contributed by atoms with E-state index in [0.717, 1.165) is 16.5 Å². The standard InChI is InChI=1S/C10H10O2/c1-7(11)9-4-2-3-8-5-6-12-10(8)9/h2-7,11H,1H3. The molecule has 1 aromatic carbocycles. The van der Waals surface area contributed by atoms with Crippen LogP contribution < -0.4 is 0 Å². The zero-order valence-corrected chi connectivity index (χ0v) is 6.82. The number of hydrogen-bond donors (Lipinski definition) is 1. The average molecular weight is 162 g/mol. The number of hydrogen-bond acceptors (Lipinski definition) is 2. The number of rotatable bonds is 1. The minimum absolute atomic E-state index is 0.472. The molecule has 2 nitrogen and oxygen atoms in total. The molecular formula is C10H10O2. The van der Waals surface area contributed by atoms with Gasteiger partial charge in [0.05, 0.1) is 12.4 Å². The minimum atomic E-state index is -0.472. The molecule has 1 aromatic heterocycles. The fourth-order valence-corrected chi connectivity index (χ4v) is 1.35. The number of furan rings is 1. The molecule has 0 aliphatic carbocycles. The zero-order chi connectivity index (χ0) is 8.55. The predicted octanol–water partition coefficient (Wildman–Crippen LogP) is 2.49. The molecule has 0 bridgehead atoms. The van der Waals surface area contributed by atoms with Gasteiger partial charge in [-0.05, 0) is 13.0 Å². The van der Waals surface area contributed by atoms with Crippen molar-refractivity contribution in [2.45, 2.75) is 13.0 Å². The first kappa shape index (κ1) is 7.37. The zero-order valence-electron chi connectivity index (χ0n) is 6.82. The maximum Gasteiger partial charge on any atom is 0.139 e. The summed E-state index contributed by atoms with van der Waals surface area (Å²) in [5.74, 6) is 0. The molecular weight excluding hydrogens is 152 g/mol. The average Bonchev–Trinajstić information content (AvgIpc) is 2.49. The predicted molar refractivity (Wildman–Crippen MR) is 46.8 cm³/mol. The first-order valence-corrected chi connectivity index (χ1v) is 3.93. The van der Waals surface area contributed by atoms with Crippen LogP contribution in [-0.2, 0) is 0 Å². The summed E-state index contributed by atoms with van der Waals surface area (Å²) in [6.07, 6.45) is 1.16. The lowest BCUT2D eigenvalue weighted by molar-refractivity contribution is 0.199. The van der Waals surface area contributed by atoms with Gasteiger partial charge in [-0.3, -0.25) is 0 Å². The molecule has 0 spiro atoms. The van der Waals surface area contributed by atoms with Gasteiger partial charge in [0.2, 0.25) is 0 Å².